The summed E-state index contributed by atoms with van der Waals surface area (Å²) >= 11 is 6.28. The predicted molar refractivity (Wildman–Crippen MR) is 96.2 cm³/mol. The van der Waals surface area contributed by atoms with Gasteiger partial charge in [-0.2, -0.15) is 0 Å². The molecule has 0 unspecified atom stereocenters. The second-order valence-corrected chi connectivity index (χ2v) is 7.01. The van der Waals surface area contributed by atoms with Crippen LogP contribution in [-0.2, 0) is 13.0 Å². The van der Waals surface area contributed by atoms with Crippen LogP contribution in [0.15, 0.2) is 54.6 Å². The molecule has 1 aliphatic rings. The Bertz CT molecular complexity index is 592. The number of piperazine rings is 1. The van der Waals surface area contributed by atoms with Crippen LogP contribution in [0.1, 0.15) is 17.5 Å². The van der Waals surface area contributed by atoms with Gasteiger partial charge in [0.05, 0.1) is 6.54 Å². The highest BCUT2D eigenvalue weighted by atomic mass is 35.5. The first-order valence-electron chi connectivity index (χ1n) is 8.76. The van der Waals surface area contributed by atoms with Crippen molar-refractivity contribution in [1.82, 2.24) is 0 Å². The molecule has 2 N–H and O–H groups in total. The minimum atomic E-state index is 0.914. The van der Waals surface area contributed by atoms with Crippen molar-refractivity contribution in [2.24, 2.45) is 0 Å². The van der Waals surface area contributed by atoms with Gasteiger partial charge < -0.3 is 9.80 Å². The van der Waals surface area contributed by atoms with Crippen LogP contribution in [0.3, 0.4) is 0 Å². The first kappa shape index (κ1) is 16.5. The van der Waals surface area contributed by atoms with Crippen molar-refractivity contribution in [3.05, 3.63) is 70.7 Å². The summed E-state index contributed by atoms with van der Waals surface area (Å²) in [5.74, 6) is 0. The van der Waals surface area contributed by atoms with E-state index in [1.807, 2.05) is 12.1 Å². The maximum atomic E-state index is 6.28. The molecule has 3 heteroatoms. The SMILES string of the molecule is Clc1ccccc1C[NH+]1CC[NH+](CCCc2ccccc2)CC1. The van der Waals surface area contributed by atoms with Gasteiger partial charge in [-0.3, -0.25) is 0 Å². The maximum absolute atomic E-state index is 6.28. The van der Waals surface area contributed by atoms with Gasteiger partial charge in [0.2, 0.25) is 0 Å². The van der Waals surface area contributed by atoms with E-state index in [4.69, 9.17) is 11.6 Å². The van der Waals surface area contributed by atoms with E-state index in [-0.39, 0.29) is 0 Å². The molecule has 1 saturated heterocycles. The second-order valence-electron chi connectivity index (χ2n) is 6.61. The van der Waals surface area contributed by atoms with E-state index >= 15 is 0 Å². The third-order valence-electron chi connectivity index (χ3n) is 4.90. The Morgan fingerprint density at radius 1 is 0.783 bits per heavy atom. The van der Waals surface area contributed by atoms with Crippen molar-refractivity contribution in [1.29, 1.82) is 0 Å². The molecule has 122 valence electrons. The van der Waals surface area contributed by atoms with Gasteiger partial charge in [0, 0.05) is 17.0 Å². The van der Waals surface area contributed by atoms with Crippen molar-refractivity contribution < 1.29 is 9.80 Å². The fourth-order valence-corrected chi connectivity index (χ4v) is 3.68. The molecule has 0 saturated carbocycles. The molecule has 0 bridgehead atoms. The number of benzene rings is 2. The van der Waals surface area contributed by atoms with E-state index in [0.29, 0.717) is 0 Å². The number of nitrogens with one attached hydrogen (secondary N) is 2. The lowest BCUT2D eigenvalue weighted by molar-refractivity contribution is -1.02. The number of quaternary nitrogens is 2. The van der Waals surface area contributed by atoms with Gasteiger partial charge in [-0.15, -0.1) is 0 Å². The standard InChI is InChI=1S/C20H25ClN2/c21-20-11-5-4-10-19(20)17-23-15-13-22(14-16-23)12-6-9-18-7-2-1-3-8-18/h1-5,7-8,10-11H,6,9,12-17H2/p+2. The zero-order valence-electron chi connectivity index (χ0n) is 13.7. The van der Waals surface area contributed by atoms with Crippen molar-refractivity contribution in [3.8, 4) is 0 Å². The summed E-state index contributed by atoms with van der Waals surface area (Å²) in [4.78, 5) is 3.44. The largest absolute Gasteiger partial charge is 0.326 e. The van der Waals surface area contributed by atoms with Gasteiger partial charge in [-0.25, -0.2) is 0 Å². The number of aryl methyl sites for hydroxylation is 1. The van der Waals surface area contributed by atoms with E-state index in [2.05, 4.69) is 42.5 Å². The predicted octanol–water partition coefficient (Wildman–Crippen LogP) is 1.26. The van der Waals surface area contributed by atoms with Gasteiger partial charge in [0.25, 0.3) is 0 Å². The highest BCUT2D eigenvalue weighted by molar-refractivity contribution is 6.31. The average molecular weight is 331 g/mol. The summed E-state index contributed by atoms with van der Waals surface area (Å²) < 4.78 is 0. The molecular formula is C20H27ClN2+2. The fourth-order valence-electron chi connectivity index (χ4n) is 3.48. The third-order valence-corrected chi connectivity index (χ3v) is 5.27. The number of hydrogen-bond acceptors (Lipinski definition) is 0. The second kappa shape index (κ2) is 8.49. The Morgan fingerprint density at radius 2 is 1.43 bits per heavy atom. The number of hydrogen-bond donors (Lipinski definition) is 2. The quantitative estimate of drug-likeness (QED) is 0.789. The summed E-state index contributed by atoms with van der Waals surface area (Å²) in [5.41, 5.74) is 2.76. The van der Waals surface area contributed by atoms with Gasteiger partial charge in [-0.05, 0) is 18.1 Å². The molecule has 23 heavy (non-hydrogen) atoms. The summed E-state index contributed by atoms with van der Waals surface area (Å²) in [6, 6.07) is 19.1. The lowest BCUT2D eigenvalue weighted by atomic mass is 10.1. The highest BCUT2D eigenvalue weighted by Crippen LogP contribution is 2.13. The van der Waals surface area contributed by atoms with Crippen molar-refractivity contribution >= 4 is 11.6 Å². The van der Waals surface area contributed by atoms with Gasteiger partial charge in [-0.1, -0.05) is 60.1 Å². The first-order valence-corrected chi connectivity index (χ1v) is 9.13. The summed E-state index contributed by atoms with van der Waals surface area (Å²) in [7, 11) is 0. The lowest BCUT2D eigenvalue weighted by Crippen LogP contribution is -3.27. The average Bonchev–Trinajstić information content (AvgIpc) is 2.59. The first-order chi connectivity index (χ1) is 11.3. The van der Waals surface area contributed by atoms with E-state index in [9.17, 15) is 0 Å². The van der Waals surface area contributed by atoms with Crippen LogP contribution in [0.2, 0.25) is 5.02 Å². The lowest BCUT2D eigenvalue weighted by Gasteiger charge is -2.30. The van der Waals surface area contributed by atoms with Crippen molar-refractivity contribution in [2.75, 3.05) is 32.7 Å². The summed E-state index contributed by atoms with van der Waals surface area (Å²) in [6.07, 6.45) is 2.50. The van der Waals surface area contributed by atoms with E-state index in [0.717, 1.165) is 11.6 Å². The molecular weight excluding hydrogens is 304 g/mol. The van der Waals surface area contributed by atoms with Crippen LogP contribution in [0.4, 0.5) is 0 Å². The minimum absolute atomic E-state index is 0.914. The van der Waals surface area contributed by atoms with Crippen LogP contribution in [0.25, 0.3) is 0 Å². The smallest absolute Gasteiger partial charge is 0.127 e. The topological polar surface area (TPSA) is 8.88 Å². The number of halogens is 1. The molecule has 0 amide bonds. The Kier molecular flexibility index (Phi) is 6.09. The fraction of sp³-hybridized carbons (Fsp3) is 0.400. The zero-order valence-corrected chi connectivity index (χ0v) is 14.5. The van der Waals surface area contributed by atoms with E-state index in [1.165, 1.54) is 56.7 Å². The Labute approximate surface area is 144 Å². The maximum Gasteiger partial charge on any atom is 0.127 e. The Morgan fingerprint density at radius 3 is 2.17 bits per heavy atom. The van der Waals surface area contributed by atoms with Crippen LogP contribution >= 0.6 is 11.6 Å². The van der Waals surface area contributed by atoms with E-state index in [1.54, 1.807) is 9.80 Å². The van der Waals surface area contributed by atoms with Gasteiger partial charge >= 0.3 is 0 Å². The van der Waals surface area contributed by atoms with Crippen LogP contribution in [0.5, 0.6) is 0 Å². The van der Waals surface area contributed by atoms with Crippen LogP contribution < -0.4 is 9.80 Å². The number of rotatable bonds is 6. The molecule has 2 aromatic rings. The minimum Gasteiger partial charge on any atom is -0.326 e. The molecule has 0 aliphatic carbocycles. The van der Waals surface area contributed by atoms with Crippen LogP contribution in [-0.4, -0.2) is 32.7 Å². The molecule has 0 spiro atoms. The summed E-state index contributed by atoms with van der Waals surface area (Å²) in [6.45, 7) is 7.45. The van der Waals surface area contributed by atoms with Crippen molar-refractivity contribution in [3.63, 3.8) is 0 Å². The normalized spacial score (nSPS) is 21.3. The van der Waals surface area contributed by atoms with E-state index < -0.39 is 0 Å². The molecule has 1 heterocycles. The molecule has 1 fully saturated rings. The third kappa shape index (κ3) is 5.07. The summed E-state index contributed by atoms with van der Waals surface area (Å²) in [5, 5.41) is 0.914. The highest BCUT2D eigenvalue weighted by Gasteiger charge is 2.23. The molecule has 0 aromatic heterocycles. The molecule has 0 radical (unpaired) electrons. The molecule has 2 aromatic carbocycles. The molecule has 1 aliphatic heterocycles. The molecule has 3 rings (SSSR count). The van der Waals surface area contributed by atoms with Crippen LogP contribution in [0, 0.1) is 0 Å². The molecule has 0 atom stereocenters. The Balaban J connectivity index is 1.38. The van der Waals surface area contributed by atoms with Crippen molar-refractivity contribution in [2.45, 2.75) is 19.4 Å². The monoisotopic (exact) mass is 330 g/mol. The Hall–Kier alpha value is -1.35. The zero-order chi connectivity index (χ0) is 15.9. The molecule has 2 nitrogen and oxygen atoms in total. The van der Waals surface area contributed by atoms with Gasteiger partial charge in [0.15, 0.2) is 0 Å². The van der Waals surface area contributed by atoms with Gasteiger partial charge in [0.1, 0.15) is 32.7 Å².